The summed E-state index contributed by atoms with van der Waals surface area (Å²) in [6.07, 6.45) is 5.14. The van der Waals surface area contributed by atoms with Gasteiger partial charge >= 0.3 is 0 Å². The number of H-pyrrole nitrogens is 1. The highest BCUT2D eigenvalue weighted by molar-refractivity contribution is 6.45. The zero-order chi connectivity index (χ0) is 44.2. The molecular formula is C43H41N9O10. The van der Waals surface area contributed by atoms with E-state index in [0.29, 0.717) is 52.3 Å². The van der Waals surface area contributed by atoms with E-state index < -0.39 is 40.0 Å². The average molecular weight is 844 g/mol. The summed E-state index contributed by atoms with van der Waals surface area (Å²) < 4.78 is 5.88. The minimum absolute atomic E-state index is 0.0756. The van der Waals surface area contributed by atoms with Crippen molar-refractivity contribution in [2.75, 3.05) is 46.4 Å². The Hall–Kier alpha value is -7.96. The Kier molecular flexibility index (Phi) is 12.1. The number of carbonyl (C=O) groups excluding carboxylic acids is 6. The first kappa shape index (κ1) is 42.2. The molecular weight excluding hydrogens is 803 g/mol. The molecule has 19 nitrogen and oxygen atoms in total. The molecule has 6 heterocycles. The van der Waals surface area contributed by atoms with Gasteiger partial charge in [-0.15, -0.1) is 0 Å². The SMILES string of the molecule is COc1ccnc2[nH]cc(C(=O)C(=O)N3CCN(C(=O)c4ccccc4)C[C@H]3C)c12.C[C@@H]1CN(C(=O)c2ccccc2)CCN1C(=O)C(=O)c1cnc2n(O)ccc([N+](=O)[O-])c1-2. The standard InChI is InChI=1S/C22H22N4O4.C21H19N5O6/c1-14-13-25(21(28)15-6-4-3-5-7-15)10-11-26(14)22(29)19(27)16-12-24-20-18(16)17(30-2)8-9-23-20;1-13-12-23(20(28)14-5-3-2-4-6-14)9-10-24(13)21(29)18(27)15-11-22-19-17(15)16(26(31)32)7-8-25(19)30/h3-9,12,14H,10-11,13H2,1-2H3,(H,23,24);2-8,11,13,30H,9-10,12H2,1H3/t14-;13-/m11/s1. The summed E-state index contributed by atoms with van der Waals surface area (Å²) in [5.41, 5.74) is 0.962. The van der Waals surface area contributed by atoms with Crippen LogP contribution in [0.1, 0.15) is 55.3 Å². The number of aromatic amines is 1. The minimum atomic E-state index is -0.962. The van der Waals surface area contributed by atoms with Gasteiger partial charge in [0.15, 0.2) is 5.82 Å². The van der Waals surface area contributed by atoms with Crippen LogP contribution in [0.5, 0.6) is 5.75 Å². The maximum Gasteiger partial charge on any atom is 0.295 e. The lowest BCUT2D eigenvalue weighted by Crippen LogP contribution is -2.56. The van der Waals surface area contributed by atoms with Crippen LogP contribution in [0.25, 0.3) is 22.4 Å². The van der Waals surface area contributed by atoms with Gasteiger partial charge in [0.1, 0.15) is 17.0 Å². The predicted octanol–water partition coefficient (Wildman–Crippen LogP) is 3.82. The van der Waals surface area contributed by atoms with Crippen molar-refractivity contribution in [1.82, 2.24) is 39.3 Å². The van der Waals surface area contributed by atoms with E-state index in [1.165, 1.54) is 23.1 Å². The molecule has 2 fully saturated rings. The van der Waals surface area contributed by atoms with Crippen LogP contribution in [0.3, 0.4) is 0 Å². The van der Waals surface area contributed by atoms with Crippen LogP contribution in [-0.4, -0.2) is 143 Å². The Balaban J connectivity index is 0.000000187. The highest BCUT2D eigenvalue weighted by Crippen LogP contribution is 2.35. The van der Waals surface area contributed by atoms with E-state index in [2.05, 4.69) is 15.0 Å². The number of ketones is 2. The number of carbonyl (C=O) groups is 6. The monoisotopic (exact) mass is 843 g/mol. The lowest BCUT2D eigenvalue weighted by Gasteiger charge is -2.39. The number of benzene rings is 2. The summed E-state index contributed by atoms with van der Waals surface area (Å²) in [6, 6.07) is 19.7. The van der Waals surface area contributed by atoms with Gasteiger partial charge in [-0.25, -0.2) is 9.97 Å². The molecule has 0 unspecified atom stereocenters. The topological polar surface area (TPSA) is 234 Å². The fourth-order valence-corrected chi connectivity index (χ4v) is 7.70. The fourth-order valence-electron chi connectivity index (χ4n) is 7.70. The highest BCUT2D eigenvalue weighted by Gasteiger charge is 2.38. The normalized spacial score (nSPS) is 16.4. The summed E-state index contributed by atoms with van der Waals surface area (Å²) in [5.74, 6) is -2.98. The highest BCUT2D eigenvalue weighted by atomic mass is 16.6. The number of pyridine rings is 2. The van der Waals surface area contributed by atoms with Gasteiger partial charge in [-0.1, -0.05) is 36.4 Å². The molecule has 2 aromatic heterocycles. The number of aromatic nitrogens is 4. The molecule has 0 spiro atoms. The number of piperazine rings is 2. The summed E-state index contributed by atoms with van der Waals surface area (Å²) in [5, 5.41) is 21.7. The van der Waals surface area contributed by atoms with E-state index in [-0.39, 0.29) is 60.0 Å². The average Bonchev–Trinajstić information content (AvgIpc) is 3.95. The second-order valence-electron chi connectivity index (χ2n) is 14.7. The van der Waals surface area contributed by atoms with Crippen molar-refractivity contribution in [3.63, 3.8) is 0 Å². The van der Waals surface area contributed by atoms with Crippen molar-refractivity contribution >= 4 is 51.9 Å². The van der Waals surface area contributed by atoms with Gasteiger partial charge in [-0.3, -0.25) is 38.9 Å². The first-order valence-corrected chi connectivity index (χ1v) is 19.5. The summed E-state index contributed by atoms with van der Waals surface area (Å²) in [7, 11) is 1.50. The van der Waals surface area contributed by atoms with Crippen molar-refractivity contribution in [2.24, 2.45) is 0 Å². The van der Waals surface area contributed by atoms with E-state index in [1.54, 1.807) is 65.4 Å². The van der Waals surface area contributed by atoms with Crippen LogP contribution in [0, 0.1) is 10.1 Å². The molecule has 0 aliphatic carbocycles. The molecule has 318 valence electrons. The molecule has 4 aliphatic heterocycles. The Labute approximate surface area is 353 Å². The number of nitro groups is 1. The van der Waals surface area contributed by atoms with Crippen LogP contribution in [0.15, 0.2) is 97.6 Å². The van der Waals surface area contributed by atoms with Gasteiger partial charge in [-0.05, 0) is 44.2 Å². The smallest absolute Gasteiger partial charge is 0.295 e. The van der Waals surface area contributed by atoms with Gasteiger partial charge in [-0.2, -0.15) is 4.73 Å². The number of nitrogens with zero attached hydrogens (tertiary/aromatic N) is 8. The van der Waals surface area contributed by atoms with E-state index in [1.807, 2.05) is 31.2 Å². The number of amides is 4. The van der Waals surface area contributed by atoms with Crippen LogP contribution in [0.2, 0.25) is 0 Å². The van der Waals surface area contributed by atoms with E-state index >= 15 is 0 Å². The number of Topliss-reactive ketones (excluding diaryl/α,β-unsaturated/α-hetero) is 2. The number of rotatable bonds is 8. The van der Waals surface area contributed by atoms with Crippen molar-refractivity contribution in [3.05, 3.63) is 130 Å². The van der Waals surface area contributed by atoms with Crippen LogP contribution in [0.4, 0.5) is 5.69 Å². The second kappa shape index (κ2) is 17.7. The van der Waals surface area contributed by atoms with E-state index in [4.69, 9.17) is 4.74 Å². The van der Waals surface area contributed by atoms with E-state index in [9.17, 15) is 44.1 Å². The number of methoxy groups -OCH3 is 1. The molecule has 2 saturated heterocycles. The van der Waals surface area contributed by atoms with Crippen molar-refractivity contribution in [3.8, 4) is 17.1 Å². The minimum Gasteiger partial charge on any atom is -0.496 e. The third-order valence-electron chi connectivity index (χ3n) is 10.9. The third-order valence-corrected chi connectivity index (χ3v) is 10.9. The number of hydrogen-bond acceptors (Lipinski definition) is 12. The molecule has 0 radical (unpaired) electrons. The number of ether oxygens (including phenoxy) is 1. The lowest BCUT2D eigenvalue weighted by atomic mass is 10.0. The van der Waals surface area contributed by atoms with Gasteiger partial charge in [0, 0.05) is 87.1 Å². The van der Waals surface area contributed by atoms with Crippen molar-refractivity contribution in [1.29, 1.82) is 0 Å². The molecule has 0 bridgehead atoms. The van der Waals surface area contributed by atoms with Crippen molar-refractivity contribution in [2.45, 2.75) is 25.9 Å². The zero-order valence-corrected chi connectivity index (χ0v) is 33.8. The zero-order valence-electron chi connectivity index (χ0n) is 33.8. The molecule has 2 N–H and O–H groups in total. The quantitative estimate of drug-likeness (QED) is 0.0732. The molecule has 62 heavy (non-hydrogen) atoms. The molecule has 4 aromatic rings. The van der Waals surface area contributed by atoms with Gasteiger partial charge in [0.05, 0.1) is 34.7 Å². The molecule has 4 amide bonds. The number of fused-ring (bicyclic) bond motifs is 2. The van der Waals surface area contributed by atoms with Crippen LogP contribution < -0.4 is 4.74 Å². The molecule has 19 heteroatoms. The largest absolute Gasteiger partial charge is 0.496 e. The molecule has 2 aromatic carbocycles. The van der Waals surface area contributed by atoms with E-state index in [0.717, 1.165) is 18.5 Å². The van der Waals surface area contributed by atoms with Gasteiger partial charge in [0.25, 0.3) is 40.9 Å². The Morgan fingerprint density at radius 2 is 1.29 bits per heavy atom. The number of nitrogens with one attached hydrogen (secondary N) is 1. The van der Waals surface area contributed by atoms with Gasteiger partial charge in [0.2, 0.25) is 0 Å². The first-order chi connectivity index (χ1) is 29.8. The van der Waals surface area contributed by atoms with Crippen LogP contribution >= 0.6 is 0 Å². The van der Waals surface area contributed by atoms with Gasteiger partial charge < -0.3 is 34.5 Å². The molecule has 2 atom stereocenters. The Bertz CT molecular complexity index is 2660. The molecule has 0 saturated carbocycles. The first-order valence-electron chi connectivity index (χ1n) is 19.5. The molecule has 4 aliphatic rings. The maximum absolute atomic E-state index is 13.0. The second-order valence-corrected chi connectivity index (χ2v) is 14.7. The predicted molar refractivity (Wildman–Crippen MR) is 221 cm³/mol. The Morgan fingerprint density at radius 3 is 1.79 bits per heavy atom. The Morgan fingerprint density at radius 1 is 0.758 bits per heavy atom. The maximum atomic E-state index is 13.0. The summed E-state index contributed by atoms with van der Waals surface area (Å²) in [4.78, 5) is 105. The lowest BCUT2D eigenvalue weighted by molar-refractivity contribution is -0.384. The fraction of sp³-hybridized carbons (Fsp3) is 0.256. The summed E-state index contributed by atoms with van der Waals surface area (Å²) in [6.45, 7) is 5.22. The molecule has 8 rings (SSSR count). The van der Waals surface area contributed by atoms with Crippen LogP contribution in [-0.2, 0) is 9.59 Å². The third kappa shape index (κ3) is 8.14. The number of hydrogen-bond donors (Lipinski definition) is 2. The van der Waals surface area contributed by atoms with Crippen molar-refractivity contribution < 1.29 is 43.6 Å². The summed E-state index contributed by atoms with van der Waals surface area (Å²) >= 11 is 0.